The van der Waals surface area contributed by atoms with Gasteiger partial charge in [0.2, 0.25) is 5.13 Å². The average Bonchev–Trinajstić information content (AvgIpc) is 3.60. The van der Waals surface area contributed by atoms with Crippen LogP contribution in [0.5, 0.6) is 5.75 Å². The second kappa shape index (κ2) is 9.80. The number of hydrogen-bond acceptors (Lipinski definition) is 8. The van der Waals surface area contributed by atoms with E-state index in [2.05, 4.69) is 15.2 Å². The lowest BCUT2D eigenvalue weighted by atomic mass is 9.96. The summed E-state index contributed by atoms with van der Waals surface area (Å²) >= 11 is 1.20. The van der Waals surface area contributed by atoms with Crippen molar-refractivity contribution in [2.24, 2.45) is 0 Å². The highest BCUT2D eigenvalue weighted by molar-refractivity contribution is 7.15. The first-order valence-corrected chi connectivity index (χ1v) is 13.1. The van der Waals surface area contributed by atoms with Crippen molar-refractivity contribution in [3.05, 3.63) is 112 Å². The smallest absolute Gasteiger partial charge is 0.301 e. The maximum atomic E-state index is 13.5. The first-order chi connectivity index (χ1) is 18.9. The number of aliphatic hydroxyl groups is 1. The zero-order chi connectivity index (χ0) is 27.1. The molecular formula is C29H23N5O4S. The number of hydrogen-bond donors (Lipinski definition) is 1. The molecule has 4 heterocycles. The van der Waals surface area contributed by atoms with Crippen molar-refractivity contribution in [2.75, 3.05) is 4.90 Å². The number of carbonyl (C=O) groups is 2. The molecule has 39 heavy (non-hydrogen) atoms. The molecule has 1 amide bonds. The highest BCUT2D eigenvalue weighted by Gasteiger charge is 2.48. The van der Waals surface area contributed by atoms with Crippen molar-refractivity contribution >= 4 is 39.6 Å². The summed E-state index contributed by atoms with van der Waals surface area (Å²) in [5, 5.41) is 20.8. The Hall–Kier alpha value is -4.83. The lowest BCUT2D eigenvalue weighted by Crippen LogP contribution is -2.29. The van der Waals surface area contributed by atoms with Gasteiger partial charge < -0.3 is 9.84 Å². The molecule has 0 bridgehead atoms. The van der Waals surface area contributed by atoms with Gasteiger partial charge in [-0.1, -0.05) is 59.9 Å². The van der Waals surface area contributed by atoms with Crippen LogP contribution in [0.4, 0.5) is 5.13 Å². The second-order valence-electron chi connectivity index (χ2n) is 9.09. The van der Waals surface area contributed by atoms with Crippen molar-refractivity contribution in [1.82, 2.24) is 19.6 Å². The summed E-state index contributed by atoms with van der Waals surface area (Å²) in [6.45, 7) is 3.87. The third kappa shape index (κ3) is 4.34. The summed E-state index contributed by atoms with van der Waals surface area (Å²) in [6.07, 6.45) is 1.75. The second-order valence-corrected chi connectivity index (χ2v) is 10.3. The highest BCUT2D eigenvalue weighted by Crippen LogP contribution is 2.44. The fourth-order valence-electron chi connectivity index (χ4n) is 4.77. The SMILES string of the molecule is Cc1nnc(N2C(=O)C(=O)/C(=C(/O)c3c(C)nc4ccccn34)C2c2cccc(OCc3ccccc3)c2)s1. The minimum Gasteiger partial charge on any atom is -0.505 e. The predicted molar refractivity (Wildman–Crippen MR) is 147 cm³/mol. The lowest BCUT2D eigenvalue weighted by Gasteiger charge is -2.23. The zero-order valence-electron chi connectivity index (χ0n) is 21.1. The molecule has 0 radical (unpaired) electrons. The summed E-state index contributed by atoms with van der Waals surface area (Å²) in [4.78, 5) is 32.8. The van der Waals surface area contributed by atoms with Crippen LogP contribution >= 0.6 is 11.3 Å². The van der Waals surface area contributed by atoms with E-state index in [1.165, 1.54) is 16.2 Å². The van der Waals surface area contributed by atoms with Gasteiger partial charge in [-0.2, -0.15) is 0 Å². The summed E-state index contributed by atoms with van der Waals surface area (Å²) in [5.41, 5.74) is 3.01. The largest absolute Gasteiger partial charge is 0.505 e. The number of Topliss-reactive ketones (excluding diaryl/α,β-unsaturated/α-hetero) is 1. The van der Waals surface area contributed by atoms with E-state index < -0.39 is 17.7 Å². The number of benzene rings is 2. The Bertz CT molecular complexity index is 1760. The number of fused-ring (bicyclic) bond motifs is 1. The molecule has 1 aliphatic rings. The van der Waals surface area contributed by atoms with Crippen molar-refractivity contribution in [3.8, 4) is 5.75 Å². The van der Waals surface area contributed by atoms with Crippen molar-refractivity contribution in [1.29, 1.82) is 0 Å². The monoisotopic (exact) mass is 537 g/mol. The molecule has 0 saturated carbocycles. The fraction of sp³-hybridized carbons (Fsp3) is 0.138. The molecule has 1 saturated heterocycles. The minimum absolute atomic E-state index is 0.0539. The van der Waals surface area contributed by atoms with Crippen LogP contribution in [-0.2, 0) is 16.2 Å². The number of aryl methyl sites for hydroxylation is 2. The molecule has 1 unspecified atom stereocenters. The third-order valence-electron chi connectivity index (χ3n) is 6.52. The summed E-state index contributed by atoms with van der Waals surface area (Å²) in [5.74, 6) is -1.36. The van der Waals surface area contributed by atoms with Gasteiger partial charge in [-0.25, -0.2) is 4.98 Å². The van der Waals surface area contributed by atoms with E-state index in [4.69, 9.17) is 4.74 Å². The number of aromatic nitrogens is 4. The quantitative estimate of drug-likeness (QED) is 0.184. The molecule has 2 aromatic carbocycles. The molecule has 0 aliphatic carbocycles. The normalized spacial score (nSPS) is 16.8. The van der Waals surface area contributed by atoms with E-state index in [1.54, 1.807) is 54.8 Å². The van der Waals surface area contributed by atoms with Gasteiger partial charge in [0.25, 0.3) is 5.78 Å². The molecule has 3 aromatic heterocycles. The number of ketones is 1. The van der Waals surface area contributed by atoms with Crippen molar-refractivity contribution < 1.29 is 19.4 Å². The number of carbonyl (C=O) groups excluding carboxylic acids is 2. The summed E-state index contributed by atoms with van der Waals surface area (Å²) < 4.78 is 7.73. The fourth-order valence-corrected chi connectivity index (χ4v) is 5.48. The van der Waals surface area contributed by atoms with Gasteiger partial charge in [-0.05, 0) is 49.2 Å². The van der Waals surface area contributed by atoms with E-state index in [0.717, 1.165) is 5.56 Å². The third-order valence-corrected chi connectivity index (χ3v) is 7.35. The Kier molecular flexibility index (Phi) is 6.16. The number of pyridine rings is 1. The van der Waals surface area contributed by atoms with Gasteiger partial charge in [-0.3, -0.25) is 18.9 Å². The van der Waals surface area contributed by atoms with Crippen LogP contribution in [0.2, 0.25) is 0 Å². The van der Waals surface area contributed by atoms with Crippen LogP contribution in [0.15, 0.2) is 84.6 Å². The standard InChI is InChI=1S/C29H23N5O4S/c1-17-24(33-14-7-6-13-22(33)30-17)26(35)23-25(34(28(37)27(23)36)29-32-31-18(2)39-29)20-11-8-12-21(15-20)38-16-19-9-4-3-5-10-19/h3-15,25,35H,16H2,1-2H3/b26-23+. The number of aliphatic hydroxyl groups excluding tert-OH is 1. The summed E-state index contributed by atoms with van der Waals surface area (Å²) in [6, 6.07) is 21.4. The lowest BCUT2D eigenvalue weighted by molar-refractivity contribution is -0.132. The van der Waals surface area contributed by atoms with Gasteiger partial charge >= 0.3 is 5.91 Å². The first-order valence-electron chi connectivity index (χ1n) is 12.2. The Labute approximate surface area is 227 Å². The highest BCUT2D eigenvalue weighted by atomic mass is 32.1. The molecule has 10 heteroatoms. The van der Waals surface area contributed by atoms with Crippen LogP contribution < -0.4 is 9.64 Å². The van der Waals surface area contributed by atoms with Crippen LogP contribution in [0.1, 0.15) is 33.6 Å². The van der Waals surface area contributed by atoms with E-state index >= 15 is 0 Å². The molecule has 5 aromatic rings. The molecule has 1 aliphatic heterocycles. The molecular weight excluding hydrogens is 514 g/mol. The van der Waals surface area contributed by atoms with E-state index in [1.807, 2.05) is 42.5 Å². The topological polar surface area (TPSA) is 110 Å². The average molecular weight is 538 g/mol. The molecule has 1 atom stereocenters. The Morgan fingerprint density at radius 1 is 1.00 bits per heavy atom. The Morgan fingerprint density at radius 2 is 1.79 bits per heavy atom. The number of nitrogens with zero attached hydrogens (tertiary/aromatic N) is 5. The minimum atomic E-state index is -0.953. The molecule has 1 N–H and O–H groups in total. The Balaban J connectivity index is 1.50. The zero-order valence-corrected chi connectivity index (χ0v) is 21.9. The summed E-state index contributed by atoms with van der Waals surface area (Å²) in [7, 11) is 0. The van der Waals surface area contributed by atoms with Crippen LogP contribution in [0.3, 0.4) is 0 Å². The van der Waals surface area contributed by atoms with Gasteiger partial charge in [0.15, 0.2) is 5.76 Å². The Morgan fingerprint density at radius 3 is 2.56 bits per heavy atom. The maximum absolute atomic E-state index is 13.5. The van der Waals surface area contributed by atoms with Gasteiger partial charge in [-0.15, -0.1) is 10.2 Å². The number of amides is 1. The van der Waals surface area contributed by atoms with Crippen LogP contribution in [0.25, 0.3) is 11.4 Å². The van der Waals surface area contributed by atoms with Crippen LogP contribution in [-0.4, -0.2) is 36.4 Å². The molecule has 6 rings (SSSR count). The molecule has 9 nitrogen and oxygen atoms in total. The van der Waals surface area contributed by atoms with E-state index in [9.17, 15) is 14.7 Å². The predicted octanol–water partition coefficient (Wildman–Crippen LogP) is 5.01. The molecule has 1 fully saturated rings. The molecule has 194 valence electrons. The van der Waals surface area contributed by atoms with Gasteiger partial charge in [0, 0.05) is 6.20 Å². The van der Waals surface area contributed by atoms with E-state index in [0.29, 0.717) is 40.0 Å². The van der Waals surface area contributed by atoms with Gasteiger partial charge in [0.05, 0.1) is 17.3 Å². The first kappa shape index (κ1) is 24.5. The maximum Gasteiger partial charge on any atom is 0.301 e. The molecule has 0 spiro atoms. The van der Waals surface area contributed by atoms with E-state index in [-0.39, 0.29) is 16.5 Å². The van der Waals surface area contributed by atoms with Gasteiger partial charge in [0.1, 0.15) is 28.7 Å². The number of anilines is 1. The van der Waals surface area contributed by atoms with Crippen molar-refractivity contribution in [2.45, 2.75) is 26.5 Å². The van der Waals surface area contributed by atoms with Crippen molar-refractivity contribution in [3.63, 3.8) is 0 Å². The number of rotatable bonds is 6. The number of ether oxygens (including phenoxy) is 1. The van der Waals surface area contributed by atoms with Crippen LogP contribution in [0, 0.1) is 13.8 Å². The number of imidazole rings is 1.